The van der Waals surface area contributed by atoms with E-state index >= 15 is 0 Å². The maximum atomic E-state index is 13.3. The topological polar surface area (TPSA) is 173 Å². The summed E-state index contributed by atoms with van der Waals surface area (Å²) in [4.78, 5) is 51.3. The van der Waals surface area contributed by atoms with Crippen LogP contribution in [0.25, 0.3) is 0 Å². The van der Waals surface area contributed by atoms with E-state index in [1.807, 2.05) is 18.2 Å². The number of amides is 4. The van der Waals surface area contributed by atoms with Gasteiger partial charge in [-0.05, 0) is 89.0 Å². The standard InChI is InChI=1S/C34H37BrN6O6S/c1-19(2)21-14-15-26(25(35)16-21)40-32(48)41-27-17-22(31(43)37-20(3)30(36)42)18-28(46-33(44)38-23-10-6-4-7-11-23)29(27)47-34(45)39-24-12-8-5-9-13-24/h4-17,19-20,27-29H,18H2,1-3H3,(H2,36,42)(H,37,43)(H,38,44)(H,39,45)(H2,40,41,48)/t20-,27-,28-,29-/m1/s1. The summed E-state index contributed by atoms with van der Waals surface area (Å²) >= 11 is 9.22. The van der Waals surface area contributed by atoms with Gasteiger partial charge >= 0.3 is 12.2 Å². The molecule has 0 aliphatic heterocycles. The molecule has 0 spiro atoms. The molecule has 0 saturated heterocycles. The molecule has 14 heteroatoms. The smallest absolute Gasteiger partial charge is 0.412 e. The number of halogens is 1. The van der Waals surface area contributed by atoms with Crippen LogP contribution in [-0.4, -0.2) is 53.4 Å². The molecule has 0 fully saturated rings. The summed E-state index contributed by atoms with van der Waals surface area (Å²) in [5, 5.41) is 14.2. The summed E-state index contributed by atoms with van der Waals surface area (Å²) in [6.45, 7) is 5.62. The first kappa shape index (κ1) is 35.9. The van der Waals surface area contributed by atoms with Crippen LogP contribution in [0.4, 0.5) is 26.7 Å². The number of thiocarbonyl (C=S) groups is 1. The van der Waals surface area contributed by atoms with Crippen LogP contribution >= 0.6 is 28.1 Å². The van der Waals surface area contributed by atoms with E-state index in [9.17, 15) is 19.2 Å². The molecule has 0 heterocycles. The van der Waals surface area contributed by atoms with Crippen LogP contribution in [0.5, 0.6) is 0 Å². The molecule has 12 nitrogen and oxygen atoms in total. The van der Waals surface area contributed by atoms with Crippen LogP contribution in [0.2, 0.25) is 0 Å². The van der Waals surface area contributed by atoms with Crippen molar-refractivity contribution >= 4 is 74.3 Å². The van der Waals surface area contributed by atoms with Crippen molar-refractivity contribution in [2.24, 2.45) is 5.73 Å². The van der Waals surface area contributed by atoms with E-state index < -0.39 is 48.3 Å². The predicted molar refractivity (Wildman–Crippen MR) is 192 cm³/mol. The van der Waals surface area contributed by atoms with Gasteiger partial charge in [-0.25, -0.2) is 9.59 Å². The van der Waals surface area contributed by atoms with Crippen LogP contribution in [0.1, 0.15) is 38.7 Å². The molecular weight excluding hydrogens is 700 g/mol. The number of para-hydroxylation sites is 2. The van der Waals surface area contributed by atoms with Crippen molar-refractivity contribution in [2.45, 2.75) is 57.4 Å². The van der Waals surface area contributed by atoms with Crippen molar-refractivity contribution in [2.75, 3.05) is 16.0 Å². The maximum absolute atomic E-state index is 13.3. The number of hydrogen-bond acceptors (Lipinski definition) is 7. The van der Waals surface area contributed by atoms with E-state index in [0.717, 1.165) is 10.0 Å². The fourth-order valence-electron chi connectivity index (χ4n) is 4.75. The van der Waals surface area contributed by atoms with Crippen molar-refractivity contribution < 1.29 is 28.7 Å². The molecule has 48 heavy (non-hydrogen) atoms. The van der Waals surface area contributed by atoms with Gasteiger partial charge in [0.15, 0.2) is 11.2 Å². The average molecular weight is 738 g/mol. The highest BCUT2D eigenvalue weighted by Crippen LogP contribution is 2.29. The summed E-state index contributed by atoms with van der Waals surface area (Å²) in [7, 11) is 0. The lowest BCUT2D eigenvalue weighted by molar-refractivity contribution is -0.125. The van der Waals surface area contributed by atoms with E-state index in [0.29, 0.717) is 23.0 Å². The second kappa shape index (κ2) is 16.7. The van der Waals surface area contributed by atoms with Gasteiger partial charge in [0, 0.05) is 27.8 Å². The Morgan fingerprint density at radius 2 is 1.44 bits per heavy atom. The summed E-state index contributed by atoms with van der Waals surface area (Å²) in [5.41, 5.74) is 8.24. The minimum atomic E-state index is -1.18. The Morgan fingerprint density at radius 1 is 0.854 bits per heavy atom. The van der Waals surface area contributed by atoms with Crippen molar-refractivity contribution in [1.29, 1.82) is 0 Å². The second-order valence-corrected chi connectivity index (χ2v) is 12.6. The molecule has 0 unspecified atom stereocenters. The quantitative estimate of drug-likeness (QED) is 0.141. The zero-order chi connectivity index (χ0) is 34.8. The first-order valence-electron chi connectivity index (χ1n) is 15.1. The molecule has 0 aromatic heterocycles. The number of ether oxygens (including phenoxy) is 2. The lowest BCUT2D eigenvalue weighted by atomic mass is 9.89. The Hall–Kier alpha value is -4.95. The number of anilines is 3. The van der Waals surface area contributed by atoms with Crippen LogP contribution in [0, 0.1) is 0 Å². The number of nitrogens with two attached hydrogens (primary N) is 1. The van der Waals surface area contributed by atoms with Gasteiger partial charge in [0.1, 0.15) is 12.1 Å². The number of primary amides is 1. The Morgan fingerprint density at radius 3 is 1.98 bits per heavy atom. The van der Waals surface area contributed by atoms with Crippen molar-refractivity contribution in [1.82, 2.24) is 10.6 Å². The van der Waals surface area contributed by atoms with Gasteiger partial charge in [-0.3, -0.25) is 20.2 Å². The van der Waals surface area contributed by atoms with Gasteiger partial charge in [-0.1, -0.05) is 56.3 Å². The van der Waals surface area contributed by atoms with Crippen molar-refractivity contribution in [3.8, 4) is 0 Å². The lowest BCUT2D eigenvalue weighted by Gasteiger charge is -2.36. The molecule has 4 atom stereocenters. The van der Waals surface area contributed by atoms with E-state index in [1.54, 1.807) is 60.7 Å². The van der Waals surface area contributed by atoms with Gasteiger partial charge in [0.25, 0.3) is 0 Å². The maximum Gasteiger partial charge on any atom is 0.412 e. The van der Waals surface area contributed by atoms with Crippen LogP contribution < -0.4 is 32.3 Å². The average Bonchev–Trinajstić information content (AvgIpc) is 3.04. The SMILES string of the molecule is CC(C)c1ccc(NC(=S)N[C@@H]2C=C(C(=O)N[C@H](C)C(N)=O)C[C@@H](OC(=O)Nc3ccccc3)[C@@H]2OC(=O)Nc2ccccc2)c(Br)c1. The first-order chi connectivity index (χ1) is 22.9. The molecule has 0 radical (unpaired) electrons. The van der Waals surface area contributed by atoms with E-state index in [1.165, 1.54) is 13.0 Å². The molecule has 7 N–H and O–H groups in total. The van der Waals surface area contributed by atoms with Gasteiger partial charge in [0.2, 0.25) is 11.8 Å². The zero-order valence-electron chi connectivity index (χ0n) is 26.5. The van der Waals surface area contributed by atoms with Gasteiger partial charge in [0.05, 0.1) is 11.7 Å². The highest BCUT2D eigenvalue weighted by atomic mass is 79.9. The summed E-state index contributed by atoms with van der Waals surface area (Å²) < 4.78 is 12.4. The van der Waals surface area contributed by atoms with Crippen LogP contribution in [0.15, 0.2) is 95.0 Å². The normalized spacial score (nSPS) is 17.6. The largest absolute Gasteiger partial charge is 0.442 e. The summed E-state index contributed by atoms with van der Waals surface area (Å²) in [6.07, 6.45) is -2.67. The zero-order valence-corrected chi connectivity index (χ0v) is 28.9. The molecule has 3 aromatic rings. The number of carbonyl (C=O) groups is 4. The Kier molecular flexibility index (Phi) is 12.5. The molecule has 0 bridgehead atoms. The van der Waals surface area contributed by atoms with E-state index in [-0.39, 0.29) is 17.1 Å². The third kappa shape index (κ3) is 10.3. The van der Waals surface area contributed by atoms with Gasteiger partial charge in [-0.2, -0.15) is 0 Å². The summed E-state index contributed by atoms with van der Waals surface area (Å²) in [6, 6.07) is 21.1. The minimum Gasteiger partial charge on any atom is -0.442 e. The van der Waals surface area contributed by atoms with Crippen LogP contribution in [0.3, 0.4) is 0 Å². The fraction of sp³-hybridized carbons (Fsp3) is 0.265. The third-order valence-electron chi connectivity index (χ3n) is 7.34. The number of benzene rings is 3. The molecule has 4 amide bonds. The lowest BCUT2D eigenvalue weighted by Crippen LogP contribution is -2.55. The van der Waals surface area contributed by atoms with Crippen LogP contribution in [-0.2, 0) is 19.1 Å². The van der Waals surface area contributed by atoms with E-state index in [4.69, 9.17) is 27.4 Å². The summed E-state index contributed by atoms with van der Waals surface area (Å²) in [5.74, 6) is -1.04. The number of rotatable bonds is 10. The molecule has 1 aliphatic carbocycles. The molecular formula is C34H37BrN6O6S. The monoisotopic (exact) mass is 736 g/mol. The second-order valence-electron chi connectivity index (χ2n) is 11.3. The molecule has 3 aromatic carbocycles. The van der Waals surface area contributed by atoms with Gasteiger partial charge < -0.3 is 31.2 Å². The highest BCUT2D eigenvalue weighted by molar-refractivity contribution is 9.10. The van der Waals surface area contributed by atoms with Crippen molar-refractivity contribution in [3.63, 3.8) is 0 Å². The number of carbonyl (C=O) groups excluding carboxylic acids is 4. The number of nitrogens with one attached hydrogen (secondary N) is 5. The number of hydrogen-bond donors (Lipinski definition) is 6. The predicted octanol–water partition coefficient (Wildman–Crippen LogP) is 5.78. The Bertz CT molecular complexity index is 1670. The molecule has 1 aliphatic rings. The molecule has 0 saturated carbocycles. The van der Waals surface area contributed by atoms with Gasteiger partial charge in [-0.15, -0.1) is 0 Å². The fourth-order valence-corrected chi connectivity index (χ4v) is 5.50. The molecule has 4 rings (SSSR count). The minimum absolute atomic E-state index is 0.131. The Balaban J connectivity index is 1.64. The molecule has 252 valence electrons. The Labute approximate surface area is 292 Å². The third-order valence-corrected chi connectivity index (χ3v) is 8.21. The highest BCUT2D eigenvalue weighted by Gasteiger charge is 2.41. The van der Waals surface area contributed by atoms with E-state index in [2.05, 4.69) is 56.4 Å². The van der Waals surface area contributed by atoms with Crippen molar-refractivity contribution in [3.05, 3.63) is 101 Å². The first-order valence-corrected chi connectivity index (χ1v) is 16.3.